The van der Waals surface area contributed by atoms with E-state index in [0.717, 1.165) is 46.8 Å². The van der Waals surface area contributed by atoms with Gasteiger partial charge >= 0.3 is 0 Å². The molecule has 1 fully saturated rings. The van der Waals surface area contributed by atoms with Gasteiger partial charge in [-0.25, -0.2) is 0 Å². The molecule has 170 valence electrons. The smallest absolute Gasteiger partial charge is 0.228 e. The Bertz CT molecular complexity index is 1200. The summed E-state index contributed by atoms with van der Waals surface area (Å²) >= 11 is 1.60. The van der Waals surface area contributed by atoms with Crippen molar-refractivity contribution in [3.8, 4) is 5.69 Å². The number of benzene rings is 2. The highest BCUT2D eigenvalue weighted by Crippen LogP contribution is 2.27. The zero-order valence-electron chi connectivity index (χ0n) is 18.8. The zero-order valence-corrected chi connectivity index (χ0v) is 19.6. The molecule has 0 bridgehead atoms. The van der Waals surface area contributed by atoms with Gasteiger partial charge in [0.1, 0.15) is 0 Å². The first kappa shape index (κ1) is 21.6. The Balaban J connectivity index is 1.42. The summed E-state index contributed by atoms with van der Waals surface area (Å²) in [6.45, 7) is 7.87. The molecule has 0 aliphatic carbocycles. The Kier molecular flexibility index (Phi) is 6.36. The van der Waals surface area contributed by atoms with E-state index in [4.69, 9.17) is 4.74 Å². The highest BCUT2D eigenvalue weighted by molar-refractivity contribution is 7.98. The first-order valence-corrected chi connectivity index (χ1v) is 12.0. The second-order valence-electron chi connectivity index (χ2n) is 7.99. The topological polar surface area (TPSA) is 86.8 Å². The molecule has 1 aliphatic rings. The molecule has 1 aliphatic heterocycles. The molecule has 1 saturated heterocycles. The second kappa shape index (κ2) is 9.72. The van der Waals surface area contributed by atoms with Crippen molar-refractivity contribution in [1.29, 1.82) is 0 Å². The van der Waals surface area contributed by atoms with E-state index in [1.54, 1.807) is 11.8 Å². The van der Waals surface area contributed by atoms with Gasteiger partial charge in [0.2, 0.25) is 5.95 Å². The average molecular weight is 463 g/mol. The van der Waals surface area contributed by atoms with Gasteiger partial charge in [0.05, 0.1) is 31.2 Å². The number of nitrogens with zero attached hydrogens (tertiary/aromatic N) is 8. The number of anilines is 1. The van der Waals surface area contributed by atoms with Gasteiger partial charge in [-0.05, 0) is 41.0 Å². The van der Waals surface area contributed by atoms with E-state index >= 15 is 0 Å². The molecule has 9 nitrogen and oxygen atoms in total. The van der Waals surface area contributed by atoms with Crippen LogP contribution in [0.3, 0.4) is 0 Å². The van der Waals surface area contributed by atoms with Crippen LogP contribution in [0.4, 0.5) is 5.95 Å². The number of rotatable bonds is 7. The summed E-state index contributed by atoms with van der Waals surface area (Å²) in [6.07, 6.45) is 0. The minimum atomic E-state index is 0.580. The molecular weight excluding hydrogens is 436 g/mol. The molecule has 0 spiro atoms. The third kappa shape index (κ3) is 4.62. The van der Waals surface area contributed by atoms with Crippen LogP contribution in [0.5, 0.6) is 0 Å². The maximum atomic E-state index is 5.53. The van der Waals surface area contributed by atoms with Gasteiger partial charge in [-0.2, -0.15) is 4.68 Å². The van der Waals surface area contributed by atoms with Crippen molar-refractivity contribution in [2.45, 2.75) is 31.3 Å². The molecule has 0 radical (unpaired) electrons. The molecule has 0 N–H and O–H groups in total. The Morgan fingerprint density at radius 2 is 1.67 bits per heavy atom. The lowest BCUT2D eigenvalue weighted by Crippen LogP contribution is -2.38. The first-order valence-electron chi connectivity index (χ1n) is 11.0. The van der Waals surface area contributed by atoms with E-state index in [1.165, 1.54) is 5.56 Å². The van der Waals surface area contributed by atoms with Crippen molar-refractivity contribution in [3.05, 3.63) is 71.0 Å². The van der Waals surface area contributed by atoms with Crippen LogP contribution < -0.4 is 4.90 Å². The molecule has 2 aromatic heterocycles. The van der Waals surface area contributed by atoms with Gasteiger partial charge in [-0.15, -0.1) is 15.3 Å². The molecule has 0 atom stereocenters. The van der Waals surface area contributed by atoms with Crippen molar-refractivity contribution in [2.75, 3.05) is 31.2 Å². The van der Waals surface area contributed by atoms with Gasteiger partial charge < -0.3 is 9.64 Å². The van der Waals surface area contributed by atoms with Crippen LogP contribution >= 0.6 is 11.8 Å². The standard InChI is InChI=1S/C23H26N8OS/c1-17-7-6-8-18(2)21(17)31-20(24-27-28-31)16-33-23-26-25-22(29-11-13-32-14-12-29)30(23)15-19-9-4-3-5-10-19/h3-10H,11-16H2,1-2H3. The predicted molar refractivity (Wildman–Crippen MR) is 127 cm³/mol. The molecule has 5 rings (SSSR count). The van der Waals surface area contributed by atoms with Crippen molar-refractivity contribution in [1.82, 2.24) is 35.0 Å². The highest BCUT2D eigenvalue weighted by atomic mass is 32.2. The molecule has 0 saturated carbocycles. The fourth-order valence-electron chi connectivity index (χ4n) is 4.03. The lowest BCUT2D eigenvalue weighted by Gasteiger charge is -2.28. The molecule has 10 heteroatoms. The van der Waals surface area contributed by atoms with Crippen LogP contribution in [0.25, 0.3) is 5.69 Å². The van der Waals surface area contributed by atoms with Gasteiger partial charge in [0.15, 0.2) is 11.0 Å². The number of aromatic nitrogens is 7. The number of tetrazole rings is 1. The fourth-order valence-corrected chi connectivity index (χ4v) is 4.87. The van der Waals surface area contributed by atoms with Crippen LogP contribution in [-0.2, 0) is 17.0 Å². The summed E-state index contributed by atoms with van der Waals surface area (Å²) in [6, 6.07) is 16.6. The zero-order chi connectivity index (χ0) is 22.6. The van der Waals surface area contributed by atoms with E-state index in [0.29, 0.717) is 25.5 Å². The molecule has 0 amide bonds. The third-order valence-electron chi connectivity index (χ3n) is 5.69. The quantitative estimate of drug-likeness (QED) is 0.387. The molecular formula is C23H26N8OS. The lowest BCUT2D eigenvalue weighted by molar-refractivity contribution is 0.121. The number of aryl methyl sites for hydroxylation is 2. The Hall–Kier alpha value is -3.24. The summed E-state index contributed by atoms with van der Waals surface area (Å²) in [5, 5.41) is 22.4. The van der Waals surface area contributed by atoms with E-state index < -0.39 is 0 Å². The predicted octanol–water partition coefficient (Wildman–Crippen LogP) is 3.05. The van der Waals surface area contributed by atoms with Crippen LogP contribution in [-0.4, -0.2) is 61.3 Å². The third-order valence-corrected chi connectivity index (χ3v) is 6.65. The normalized spacial score (nSPS) is 14.1. The van der Waals surface area contributed by atoms with E-state index in [-0.39, 0.29) is 0 Å². The second-order valence-corrected chi connectivity index (χ2v) is 8.93. The van der Waals surface area contributed by atoms with E-state index in [1.807, 2.05) is 16.8 Å². The number of morpholine rings is 1. The summed E-state index contributed by atoms with van der Waals surface area (Å²) in [4.78, 5) is 2.24. The lowest BCUT2D eigenvalue weighted by atomic mass is 10.1. The Morgan fingerprint density at radius 1 is 0.909 bits per heavy atom. The maximum Gasteiger partial charge on any atom is 0.228 e. The number of hydrogen-bond donors (Lipinski definition) is 0. The number of hydrogen-bond acceptors (Lipinski definition) is 8. The molecule has 0 unspecified atom stereocenters. The van der Waals surface area contributed by atoms with Crippen LogP contribution in [0, 0.1) is 13.8 Å². The van der Waals surface area contributed by atoms with Crippen molar-refractivity contribution in [2.24, 2.45) is 0 Å². The van der Waals surface area contributed by atoms with Gasteiger partial charge in [0.25, 0.3) is 0 Å². The highest BCUT2D eigenvalue weighted by Gasteiger charge is 2.22. The average Bonchev–Trinajstić information content (AvgIpc) is 3.46. The van der Waals surface area contributed by atoms with Gasteiger partial charge in [-0.1, -0.05) is 60.3 Å². The van der Waals surface area contributed by atoms with E-state index in [2.05, 4.69) is 85.4 Å². The number of para-hydroxylation sites is 1. The fraction of sp³-hybridized carbons (Fsp3) is 0.348. The summed E-state index contributed by atoms with van der Waals surface area (Å²) < 4.78 is 9.54. The molecule has 4 aromatic rings. The van der Waals surface area contributed by atoms with Crippen LogP contribution in [0.2, 0.25) is 0 Å². The summed E-state index contributed by atoms with van der Waals surface area (Å²) in [5.74, 6) is 2.23. The van der Waals surface area contributed by atoms with Crippen LogP contribution in [0.1, 0.15) is 22.5 Å². The molecule has 2 aromatic carbocycles. The Morgan fingerprint density at radius 3 is 2.42 bits per heavy atom. The summed E-state index contributed by atoms with van der Waals surface area (Å²) in [7, 11) is 0. The number of thioether (sulfide) groups is 1. The number of ether oxygens (including phenoxy) is 1. The molecule has 3 heterocycles. The largest absolute Gasteiger partial charge is 0.378 e. The van der Waals surface area contributed by atoms with Crippen LogP contribution in [0.15, 0.2) is 53.7 Å². The maximum absolute atomic E-state index is 5.53. The van der Waals surface area contributed by atoms with Gasteiger partial charge in [0, 0.05) is 13.1 Å². The first-order chi connectivity index (χ1) is 16.2. The Labute approximate surface area is 196 Å². The van der Waals surface area contributed by atoms with Crippen molar-refractivity contribution < 1.29 is 4.74 Å². The minimum Gasteiger partial charge on any atom is -0.378 e. The minimum absolute atomic E-state index is 0.580. The van der Waals surface area contributed by atoms with Crippen molar-refractivity contribution >= 4 is 17.7 Å². The van der Waals surface area contributed by atoms with Crippen molar-refractivity contribution in [3.63, 3.8) is 0 Å². The SMILES string of the molecule is Cc1cccc(C)c1-n1nnnc1CSc1nnc(N2CCOCC2)n1Cc1ccccc1. The molecule has 33 heavy (non-hydrogen) atoms. The van der Waals surface area contributed by atoms with E-state index in [9.17, 15) is 0 Å². The summed E-state index contributed by atoms with van der Waals surface area (Å²) in [5.41, 5.74) is 4.50. The van der Waals surface area contributed by atoms with Gasteiger partial charge in [-0.3, -0.25) is 4.57 Å². The monoisotopic (exact) mass is 462 g/mol.